The molecule has 0 radical (unpaired) electrons. The van der Waals surface area contributed by atoms with Crippen LogP contribution < -0.4 is 5.32 Å². The molecule has 7 nitrogen and oxygen atoms in total. The molecule has 2 N–H and O–H groups in total. The summed E-state index contributed by atoms with van der Waals surface area (Å²) >= 11 is 0. The number of aliphatic carboxylic acids is 1. The van der Waals surface area contributed by atoms with E-state index in [0.717, 1.165) is 0 Å². The van der Waals surface area contributed by atoms with E-state index in [0.29, 0.717) is 26.2 Å². The molecule has 2 atom stereocenters. The zero-order valence-electron chi connectivity index (χ0n) is 11.1. The monoisotopic (exact) mass is 269 g/mol. The van der Waals surface area contributed by atoms with Crippen molar-refractivity contribution in [2.45, 2.75) is 19.9 Å². The predicted octanol–water partition coefficient (Wildman–Crippen LogP) is -0.421. The molecule has 2 heterocycles. The molecule has 0 aliphatic carbocycles. The molecule has 0 aromatic rings. The van der Waals surface area contributed by atoms with Crippen molar-refractivity contribution in [3.63, 3.8) is 0 Å². The van der Waals surface area contributed by atoms with Crippen molar-refractivity contribution in [3.8, 4) is 0 Å². The van der Waals surface area contributed by atoms with Gasteiger partial charge in [0, 0.05) is 32.1 Å². The van der Waals surface area contributed by atoms with E-state index in [4.69, 9.17) is 5.11 Å². The quantitative estimate of drug-likeness (QED) is 0.712. The van der Waals surface area contributed by atoms with Gasteiger partial charge in [-0.3, -0.25) is 9.59 Å². The maximum absolute atomic E-state index is 12.2. The molecule has 0 bridgehead atoms. The smallest absolute Gasteiger partial charge is 0.320 e. The van der Waals surface area contributed by atoms with Gasteiger partial charge in [0.25, 0.3) is 0 Å². The highest BCUT2D eigenvalue weighted by molar-refractivity contribution is 5.88. The maximum Gasteiger partial charge on any atom is 0.320 e. The summed E-state index contributed by atoms with van der Waals surface area (Å²) in [6, 6.07) is -0.631. The van der Waals surface area contributed by atoms with Crippen molar-refractivity contribution in [3.05, 3.63) is 0 Å². The highest BCUT2D eigenvalue weighted by Gasteiger charge is 2.41. The fourth-order valence-electron chi connectivity index (χ4n) is 2.41. The molecule has 0 aromatic carbocycles. The summed E-state index contributed by atoms with van der Waals surface area (Å²) in [5.74, 6) is -1.40. The zero-order valence-corrected chi connectivity index (χ0v) is 11.1. The largest absolute Gasteiger partial charge is 0.481 e. The summed E-state index contributed by atoms with van der Waals surface area (Å²) in [6.07, 6.45) is 0. The molecule has 0 spiro atoms. The molecule has 3 amide bonds. The average molecular weight is 269 g/mol. The molecule has 2 fully saturated rings. The van der Waals surface area contributed by atoms with Gasteiger partial charge in [0.1, 0.15) is 6.04 Å². The van der Waals surface area contributed by atoms with Gasteiger partial charge in [0.15, 0.2) is 0 Å². The van der Waals surface area contributed by atoms with Crippen molar-refractivity contribution in [2.24, 2.45) is 11.8 Å². The first-order chi connectivity index (χ1) is 8.91. The van der Waals surface area contributed by atoms with Crippen LogP contribution in [0.25, 0.3) is 0 Å². The Kier molecular flexibility index (Phi) is 3.64. The van der Waals surface area contributed by atoms with Crippen LogP contribution in [0.1, 0.15) is 13.8 Å². The van der Waals surface area contributed by atoms with E-state index in [1.165, 1.54) is 0 Å². The second-order valence-electron chi connectivity index (χ2n) is 5.23. The number of carboxylic acids is 1. The number of amides is 3. The van der Waals surface area contributed by atoms with Crippen molar-refractivity contribution < 1.29 is 19.5 Å². The van der Waals surface area contributed by atoms with Gasteiger partial charge in [-0.2, -0.15) is 0 Å². The van der Waals surface area contributed by atoms with Crippen molar-refractivity contribution in [1.82, 2.24) is 15.1 Å². The third-order valence-electron chi connectivity index (χ3n) is 4.02. The Balaban J connectivity index is 1.89. The summed E-state index contributed by atoms with van der Waals surface area (Å²) in [6.45, 7) is 5.24. The molecule has 0 saturated carbocycles. The number of hydrogen-bond acceptors (Lipinski definition) is 3. The third kappa shape index (κ3) is 2.50. The molecular formula is C12H19N3O4. The molecule has 0 aromatic heterocycles. The van der Waals surface area contributed by atoms with Crippen LogP contribution in [-0.4, -0.2) is 65.0 Å². The Hall–Kier alpha value is -1.79. The molecule has 2 aliphatic rings. The number of urea groups is 1. The number of carbonyl (C=O) groups is 3. The minimum atomic E-state index is -0.831. The maximum atomic E-state index is 12.2. The Morgan fingerprint density at radius 1 is 1.42 bits per heavy atom. The Morgan fingerprint density at radius 3 is 2.63 bits per heavy atom. The van der Waals surface area contributed by atoms with Gasteiger partial charge in [0.2, 0.25) is 5.91 Å². The van der Waals surface area contributed by atoms with Gasteiger partial charge < -0.3 is 20.2 Å². The fraction of sp³-hybridized carbons (Fsp3) is 0.750. The van der Waals surface area contributed by atoms with Gasteiger partial charge in [-0.05, 0) is 6.92 Å². The van der Waals surface area contributed by atoms with Crippen LogP contribution in [0.3, 0.4) is 0 Å². The van der Waals surface area contributed by atoms with Crippen LogP contribution in [0, 0.1) is 11.8 Å². The lowest BCUT2D eigenvalue weighted by Gasteiger charge is -2.45. The number of nitrogens with one attached hydrogen (secondary N) is 1. The molecule has 2 rings (SSSR count). The second kappa shape index (κ2) is 5.07. The fourth-order valence-corrected chi connectivity index (χ4v) is 2.41. The number of carboxylic acid groups (broad SMARTS) is 1. The number of likely N-dealkylation sites (tertiary alicyclic amines) is 1. The van der Waals surface area contributed by atoms with Crippen LogP contribution in [-0.2, 0) is 9.59 Å². The average Bonchev–Trinajstić information content (AvgIpc) is 2.30. The highest BCUT2D eigenvalue weighted by Crippen LogP contribution is 2.25. The van der Waals surface area contributed by atoms with E-state index >= 15 is 0 Å². The zero-order chi connectivity index (χ0) is 14.2. The number of nitrogens with zero attached hydrogens (tertiary/aromatic N) is 2. The summed E-state index contributed by atoms with van der Waals surface area (Å²) in [5, 5.41) is 11.6. The molecular weight excluding hydrogens is 250 g/mol. The number of piperazine rings is 1. The molecule has 2 aliphatic heterocycles. The normalized spacial score (nSPS) is 25.6. The molecule has 19 heavy (non-hydrogen) atoms. The predicted molar refractivity (Wildman–Crippen MR) is 66.4 cm³/mol. The Bertz CT molecular complexity index is 406. The lowest BCUT2D eigenvalue weighted by molar-refractivity contribution is -0.145. The Labute approximate surface area is 111 Å². The molecule has 106 valence electrons. The van der Waals surface area contributed by atoms with Crippen molar-refractivity contribution in [1.29, 1.82) is 0 Å². The van der Waals surface area contributed by atoms with E-state index in [-0.39, 0.29) is 17.9 Å². The summed E-state index contributed by atoms with van der Waals surface area (Å²) in [4.78, 5) is 37.7. The summed E-state index contributed by atoms with van der Waals surface area (Å²) in [7, 11) is 0. The first kappa shape index (κ1) is 13.6. The number of hydrogen-bond donors (Lipinski definition) is 2. The van der Waals surface area contributed by atoms with Crippen LogP contribution in [0.2, 0.25) is 0 Å². The number of carbonyl (C=O) groups excluding carboxylic acids is 2. The van der Waals surface area contributed by atoms with Gasteiger partial charge in [0.05, 0.1) is 5.92 Å². The van der Waals surface area contributed by atoms with Crippen LogP contribution in [0.4, 0.5) is 4.79 Å². The molecule has 2 unspecified atom stereocenters. The summed E-state index contributed by atoms with van der Waals surface area (Å²) < 4.78 is 0. The molecule has 2 saturated heterocycles. The van der Waals surface area contributed by atoms with E-state index in [2.05, 4.69) is 5.32 Å². The Morgan fingerprint density at radius 2 is 2.05 bits per heavy atom. The SMILES string of the molecule is CC(C(=O)O)C1CN(C(=O)N2CCNC(=O)C2C)C1. The third-order valence-corrected chi connectivity index (χ3v) is 4.02. The van der Waals surface area contributed by atoms with Crippen molar-refractivity contribution >= 4 is 17.9 Å². The number of rotatable bonds is 2. The summed E-state index contributed by atoms with van der Waals surface area (Å²) in [5.41, 5.74) is 0. The minimum absolute atomic E-state index is 0.00960. The lowest BCUT2D eigenvalue weighted by Crippen LogP contribution is -2.63. The van der Waals surface area contributed by atoms with E-state index in [1.54, 1.807) is 23.6 Å². The first-order valence-corrected chi connectivity index (χ1v) is 6.48. The van der Waals surface area contributed by atoms with E-state index in [1.807, 2.05) is 0 Å². The van der Waals surface area contributed by atoms with Gasteiger partial charge in [-0.15, -0.1) is 0 Å². The first-order valence-electron chi connectivity index (χ1n) is 6.48. The minimum Gasteiger partial charge on any atom is -0.481 e. The van der Waals surface area contributed by atoms with Crippen LogP contribution in [0.15, 0.2) is 0 Å². The standard InChI is InChI=1S/C12H19N3O4/c1-7(11(17)18)9-5-14(6-9)12(19)15-4-3-13-10(16)8(15)2/h7-9H,3-6H2,1-2H3,(H,13,16)(H,17,18). The van der Waals surface area contributed by atoms with Crippen LogP contribution in [0.5, 0.6) is 0 Å². The van der Waals surface area contributed by atoms with Gasteiger partial charge >= 0.3 is 12.0 Å². The second-order valence-corrected chi connectivity index (χ2v) is 5.23. The topological polar surface area (TPSA) is 89.9 Å². The lowest BCUT2D eigenvalue weighted by atomic mass is 9.87. The highest BCUT2D eigenvalue weighted by atomic mass is 16.4. The van der Waals surface area contributed by atoms with E-state index < -0.39 is 17.9 Å². The van der Waals surface area contributed by atoms with Crippen LogP contribution >= 0.6 is 0 Å². The van der Waals surface area contributed by atoms with Gasteiger partial charge in [-0.1, -0.05) is 6.92 Å². The van der Waals surface area contributed by atoms with Crippen molar-refractivity contribution in [2.75, 3.05) is 26.2 Å². The molecule has 7 heteroatoms. The van der Waals surface area contributed by atoms with E-state index in [9.17, 15) is 14.4 Å². The van der Waals surface area contributed by atoms with Gasteiger partial charge in [-0.25, -0.2) is 4.79 Å².